The van der Waals surface area contributed by atoms with Crippen LogP contribution in [-0.2, 0) is 10.1 Å². The van der Waals surface area contributed by atoms with Crippen LogP contribution in [0.3, 0.4) is 0 Å². The summed E-state index contributed by atoms with van der Waals surface area (Å²) < 4.78 is 29.5. The first-order valence-corrected chi connectivity index (χ1v) is 6.70. The molecule has 0 aromatic rings. The van der Waals surface area contributed by atoms with Crippen molar-refractivity contribution in [2.24, 2.45) is 0 Å². The summed E-state index contributed by atoms with van der Waals surface area (Å²) in [5.74, 6) is -0.126. The Hall–Kier alpha value is -0.130. The fraction of sp³-hybridized carbons (Fsp3) is 1.00. The molecule has 0 aliphatic heterocycles. The van der Waals surface area contributed by atoms with Crippen molar-refractivity contribution in [3.63, 3.8) is 0 Å². The van der Waals surface area contributed by atoms with Crippen molar-refractivity contribution in [3.05, 3.63) is 0 Å². The Kier molecular flexibility index (Phi) is 6.31. The highest BCUT2D eigenvalue weighted by Crippen LogP contribution is 2.06. The van der Waals surface area contributed by atoms with Gasteiger partial charge >= 0.3 is 0 Å². The summed E-state index contributed by atoms with van der Waals surface area (Å²) in [6, 6.07) is 0.381. The summed E-state index contributed by atoms with van der Waals surface area (Å²) in [6.45, 7) is 8.20. The van der Waals surface area contributed by atoms with Gasteiger partial charge in [0, 0.05) is 6.04 Å². The molecule has 14 heavy (non-hydrogen) atoms. The van der Waals surface area contributed by atoms with Gasteiger partial charge in [-0.3, -0.25) is 4.55 Å². The van der Waals surface area contributed by atoms with Crippen molar-refractivity contribution in [1.29, 1.82) is 0 Å². The van der Waals surface area contributed by atoms with Gasteiger partial charge in [0.1, 0.15) is 0 Å². The third kappa shape index (κ3) is 6.34. The molecule has 4 nitrogen and oxygen atoms in total. The maximum atomic E-state index is 10.5. The van der Waals surface area contributed by atoms with Gasteiger partial charge in [0.15, 0.2) is 0 Å². The summed E-state index contributed by atoms with van der Waals surface area (Å²) in [6.07, 6.45) is 1.33. The van der Waals surface area contributed by atoms with Crippen LogP contribution < -0.4 is 0 Å². The normalized spacial score (nSPS) is 14.6. The van der Waals surface area contributed by atoms with Crippen LogP contribution in [0.15, 0.2) is 0 Å². The van der Waals surface area contributed by atoms with Crippen molar-refractivity contribution in [2.75, 3.05) is 18.8 Å². The van der Waals surface area contributed by atoms with Crippen LogP contribution in [0.4, 0.5) is 0 Å². The number of rotatable bonds is 7. The number of hydrogen-bond donors (Lipinski definition) is 1. The van der Waals surface area contributed by atoms with Crippen LogP contribution in [0, 0.1) is 0 Å². The molecule has 0 saturated carbocycles. The lowest BCUT2D eigenvalue weighted by Gasteiger charge is -2.26. The number of nitrogens with zero attached hydrogens (tertiary/aromatic N) is 1. The molecule has 0 bridgehead atoms. The van der Waals surface area contributed by atoms with E-state index in [0.29, 0.717) is 12.5 Å². The van der Waals surface area contributed by atoms with Gasteiger partial charge < -0.3 is 4.90 Å². The third-order valence-electron chi connectivity index (χ3n) is 2.46. The molecule has 0 saturated heterocycles. The van der Waals surface area contributed by atoms with E-state index in [1.807, 2.05) is 0 Å². The second kappa shape index (κ2) is 6.37. The molecular weight excluding hydrogens is 202 g/mol. The Labute approximate surface area is 87.0 Å². The van der Waals surface area contributed by atoms with Crippen molar-refractivity contribution in [1.82, 2.24) is 4.90 Å². The monoisotopic (exact) mass is 223 g/mol. The molecule has 0 amide bonds. The van der Waals surface area contributed by atoms with Crippen molar-refractivity contribution < 1.29 is 13.0 Å². The zero-order valence-corrected chi connectivity index (χ0v) is 10.0. The van der Waals surface area contributed by atoms with Crippen LogP contribution in [0.5, 0.6) is 0 Å². The van der Waals surface area contributed by atoms with Gasteiger partial charge in [-0.2, -0.15) is 8.42 Å². The van der Waals surface area contributed by atoms with Crippen molar-refractivity contribution >= 4 is 10.1 Å². The Morgan fingerprint density at radius 2 is 1.79 bits per heavy atom. The Morgan fingerprint density at radius 3 is 2.14 bits per heavy atom. The van der Waals surface area contributed by atoms with E-state index in [9.17, 15) is 8.42 Å². The van der Waals surface area contributed by atoms with Gasteiger partial charge in [0.25, 0.3) is 10.1 Å². The van der Waals surface area contributed by atoms with E-state index in [0.717, 1.165) is 19.5 Å². The summed E-state index contributed by atoms with van der Waals surface area (Å²) in [7, 11) is -3.78. The Bertz CT molecular complexity index is 234. The maximum Gasteiger partial charge on any atom is 0.264 e. The molecule has 0 aromatic carbocycles. The van der Waals surface area contributed by atoms with Gasteiger partial charge in [-0.05, 0) is 32.9 Å². The summed E-state index contributed by atoms with van der Waals surface area (Å²) in [4.78, 5) is 2.27. The first-order valence-electron chi connectivity index (χ1n) is 5.10. The second-order valence-electron chi connectivity index (χ2n) is 3.50. The first kappa shape index (κ1) is 13.9. The van der Waals surface area contributed by atoms with Crippen molar-refractivity contribution in [3.8, 4) is 0 Å². The highest BCUT2D eigenvalue weighted by Gasteiger charge is 2.11. The highest BCUT2D eigenvalue weighted by atomic mass is 32.2. The minimum absolute atomic E-state index is 0.126. The van der Waals surface area contributed by atoms with Crippen LogP contribution in [0.1, 0.15) is 33.6 Å². The van der Waals surface area contributed by atoms with E-state index in [1.165, 1.54) is 0 Å². The SMILES string of the molecule is CCN(CC)[C@H](C)CCCS(=O)(=O)O. The van der Waals surface area contributed by atoms with E-state index in [1.54, 1.807) is 0 Å². The smallest absolute Gasteiger partial charge is 0.264 e. The first-order chi connectivity index (χ1) is 6.40. The zero-order valence-electron chi connectivity index (χ0n) is 9.23. The van der Waals surface area contributed by atoms with E-state index >= 15 is 0 Å². The fourth-order valence-corrected chi connectivity index (χ4v) is 2.12. The molecule has 0 spiro atoms. The topological polar surface area (TPSA) is 57.6 Å². The van der Waals surface area contributed by atoms with E-state index in [2.05, 4.69) is 25.7 Å². The largest absolute Gasteiger partial charge is 0.301 e. The molecular formula is C9H21NO3S. The van der Waals surface area contributed by atoms with Gasteiger partial charge in [0.05, 0.1) is 5.75 Å². The average molecular weight is 223 g/mol. The molecule has 1 atom stereocenters. The molecule has 0 heterocycles. The molecule has 0 radical (unpaired) electrons. The zero-order chi connectivity index (χ0) is 11.2. The lowest BCUT2D eigenvalue weighted by molar-refractivity contribution is 0.220. The maximum absolute atomic E-state index is 10.5. The minimum Gasteiger partial charge on any atom is -0.301 e. The lowest BCUT2D eigenvalue weighted by Crippen LogP contribution is -2.32. The van der Waals surface area contributed by atoms with Crippen LogP contribution in [-0.4, -0.2) is 42.8 Å². The minimum atomic E-state index is -3.78. The van der Waals surface area contributed by atoms with E-state index in [-0.39, 0.29) is 5.75 Å². The highest BCUT2D eigenvalue weighted by molar-refractivity contribution is 7.85. The van der Waals surface area contributed by atoms with Crippen molar-refractivity contribution in [2.45, 2.75) is 39.7 Å². The molecule has 0 aliphatic carbocycles. The molecule has 0 fully saturated rings. The van der Waals surface area contributed by atoms with E-state index < -0.39 is 10.1 Å². The van der Waals surface area contributed by atoms with Crippen LogP contribution in [0.25, 0.3) is 0 Å². The van der Waals surface area contributed by atoms with Gasteiger partial charge in [-0.25, -0.2) is 0 Å². The van der Waals surface area contributed by atoms with Crippen LogP contribution >= 0.6 is 0 Å². The standard InChI is InChI=1S/C9H21NO3S/c1-4-10(5-2)9(3)7-6-8-14(11,12)13/h9H,4-8H2,1-3H3,(H,11,12,13)/t9-/m1/s1. The van der Waals surface area contributed by atoms with Crippen LogP contribution in [0.2, 0.25) is 0 Å². The number of hydrogen-bond acceptors (Lipinski definition) is 3. The molecule has 1 N–H and O–H groups in total. The molecule has 0 unspecified atom stereocenters. The molecule has 0 rings (SSSR count). The third-order valence-corrected chi connectivity index (χ3v) is 3.26. The fourth-order valence-electron chi connectivity index (χ4n) is 1.59. The molecule has 86 valence electrons. The lowest BCUT2D eigenvalue weighted by atomic mass is 10.1. The quantitative estimate of drug-likeness (QED) is 0.663. The summed E-state index contributed by atoms with van der Waals surface area (Å²) in [5, 5.41) is 0. The predicted molar refractivity (Wildman–Crippen MR) is 58.0 cm³/mol. The molecule has 0 aliphatic rings. The van der Waals surface area contributed by atoms with E-state index in [4.69, 9.17) is 4.55 Å². The Balaban J connectivity index is 3.78. The second-order valence-corrected chi connectivity index (χ2v) is 5.07. The molecule has 5 heteroatoms. The predicted octanol–water partition coefficient (Wildman–Crippen LogP) is 1.38. The summed E-state index contributed by atoms with van der Waals surface area (Å²) in [5.41, 5.74) is 0. The van der Waals surface area contributed by atoms with Gasteiger partial charge in [-0.15, -0.1) is 0 Å². The summed E-state index contributed by atoms with van der Waals surface area (Å²) >= 11 is 0. The van der Waals surface area contributed by atoms with Gasteiger partial charge in [0.2, 0.25) is 0 Å². The van der Waals surface area contributed by atoms with Gasteiger partial charge in [-0.1, -0.05) is 13.8 Å². The average Bonchev–Trinajstić information content (AvgIpc) is 2.04. The molecule has 0 aromatic heterocycles. The Morgan fingerprint density at radius 1 is 1.29 bits per heavy atom.